The summed E-state index contributed by atoms with van der Waals surface area (Å²) in [5.41, 5.74) is 0.307. The van der Waals surface area contributed by atoms with Gasteiger partial charge in [-0.05, 0) is 18.2 Å². The second-order valence-corrected chi connectivity index (χ2v) is 6.53. The van der Waals surface area contributed by atoms with E-state index in [0.29, 0.717) is 5.56 Å². The molecular formula is C13H17N3O3S. The van der Waals surface area contributed by atoms with Crippen molar-refractivity contribution in [3.8, 4) is 6.07 Å². The van der Waals surface area contributed by atoms with Crippen LogP contribution in [0.15, 0.2) is 29.2 Å². The number of nitrogens with zero attached hydrogens (tertiary/aromatic N) is 2. The molecule has 0 radical (unpaired) electrons. The molecule has 0 unspecified atom stereocenters. The lowest BCUT2D eigenvalue weighted by atomic mass is 10.2. The number of sulfone groups is 1. The highest BCUT2D eigenvalue weighted by Gasteiger charge is 2.14. The largest absolute Gasteiger partial charge is 0.348 e. The number of hydrogen-bond acceptors (Lipinski definition) is 5. The SMILES string of the molecule is CN(C)C(=O)CNCCS(=O)(=O)c1cccc(C#N)c1. The summed E-state index contributed by atoms with van der Waals surface area (Å²) in [5, 5.41) is 11.5. The van der Waals surface area contributed by atoms with E-state index in [0.717, 1.165) is 0 Å². The number of nitriles is 1. The Morgan fingerprint density at radius 1 is 1.40 bits per heavy atom. The van der Waals surface area contributed by atoms with E-state index >= 15 is 0 Å². The van der Waals surface area contributed by atoms with Crippen LogP contribution in [-0.2, 0) is 14.6 Å². The molecule has 0 aliphatic rings. The molecule has 0 fully saturated rings. The molecule has 0 aliphatic heterocycles. The highest BCUT2D eigenvalue weighted by Crippen LogP contribution is 2.12. The van der Waals surface area contributed by atoms with Crippen molar-refractivity contribution in [1.82, 2.24) is 10.2 Å². The van der Waals surface area contributed by atoms with E-state index in [1.807, 2.05) is 6.07 Å². The quantitative estimate of drug-likeness (QED) is 0.747. The molecule has 108 valence electrons. The van der Waals surface area contributed by atoms with Crippen LogP contribution in [0.4, 0.5) is 0 Å². The minimum Gasteiger partial charge on any atom is -0.348 e. The molecule has 0 saturated heterocycles. The van der Waals surface area contributed by atoms with E-state index in [9.17, 15) is 13.2 Å². The normalized spacial score (nSPS) is 10.8. The molecule has 0 bridgehead atoms. The van der Waals surface area contributed by atoms with Gasteiger partial charge in [0, 0.05) is 20.6 Å². The first kappa shape index (κ1) is 16.1. The number of carbonyl (C=O) groups excluding carboxylic acids is 1. The number of carbonyl (C=O) groups is 1. The maximum Gasteiger partial charge on any atom is 0.236 e. The van der Waals surface area contributed by atoms with Gasteiger partial charge in [-0.2, -0.15) is 5.26 Å². The molecule has 20 heavy (non-hydrogen) atoms. The van der Waals surface area contributed by atoms with Gasteiger partial charge in [0.1, 0.15) is 0 Å². The highest BCUT2D eigenvalue weighted by atomic mass is 32.2. The molecule has 0 atom stereocenters. The van der Waals surface area contributed by atoms with Crippen LogP contribution >= 0.6 is 0 Å². The molecule has 0 heterocycles. The molecule has 0 spiro atoms. The zero-order valence-electron chi connectivity index (χ0n) is 11.5. The second-order valence-electron chi connectivity index (χ2n) is 4.42. The zero-order valence-corrected chi connectivity index (χ0v) is 12.3. The zero-order chi connectivity index (χ0) is 15.2. The maximum absolute atomic E-state index is 12.0. The molecule has 7 heteroatoms. The van der Waals surface area contributed by atoms with Gasteiger partial charge in [0.15, 0.2) is 9.84 Å². The molecular weight excluding hydrogens is 278 g/mol. The minimum atomic E-state index is -3.45. The third kappa shape index (κ3) is 4.64. The third-order valence-electron chi connectivity index (χ3n) is 2.64. The van der Waals surface area contributed by atoms with Gasteiger partial charge >= 0.3 is 0 Å². The van der Waals surface area contributed by atoms with Crippen LogP contribution < -0.4 is 5.32 Å². The fraction of sp³-hybridized carbons (Fsp3) is 0.385. The fourth-order valence-electron chi connectivity index (χ4n) is 1.44. The molecule has 1 N–H and O–H groups in total. The maximum atomic E-state index is 12.0. The van der Waals surface area contributed by atoms with Crippen molar-refractivity contribution in [2.75, 3.05) is 32.9 Å². The second kappa shape index (κ2) is 7.03. The van der Waals surface area contributed by atoms with Gasteiger partial charge in [-0.15, -0.1) is 0 Å². The van der Waals surface area contributed by atoms with E-state index in [1.165, 1.54) is 23.1 Å². The molecule has 1 aromatic carbocycles. The van der Waals surface area contributed by atoms with E-state index < -0.39 is 9.84 Å². The van der Waals surface area contributed by atoms with Gasteiger partial charge in [0.2, 0.25) is 5.91 Å². The number of likely N-dealkylation sites (N-methyl/N-ethyl adjacent to an activating group) is 1. The van der Waals surface area contributed by atoms with Crippen LogP contribution in [0.5, 0.6) is 0 Å². The highest BCUT2D eigenvalue weighted by molar-refractivity contribution is 7.91. The standard InChI is InChI=1S/C13H17N3O3S/c1-16(2)13(17)10-15-6-7-20(18,19)12-5-3-4-11(8-12)9-14/h3-5,8,15H,6-7,10H2,1-2H3. The summed E-state index contributed by atoms with van der Waals surface area (Å²) >= 11 is 0. The van der Waals surface area contributed by atoms with Crippen molar-refractivity contribution < 1.29 is 13.2 Å². The van der Waals surface area contributed by atoms with E-state index in [4.69, 9.17) is 5.26 Å². The molecule has 1 amide bonds. The van der Waals surface area contributed by atoms with Gasteiger partial charge in [-0.1, -0.05) is 6.07 Å². The Kier molecular flexibility index (Phi) is 5.67. The molecule has 6 nitrogen and oxygen atoms in total. The Hall–Kier alpha value is -1.91. The Balaban J connectivity index is 2.58. The number of nitrogens with one attached hydrogen (secondary N) is 1. The van der Waals surface area contributed by atoms with Crippen molar-refractivity contribution in [2.24, 2.45) is 0 Å². The van der Waals surface area contributed by atoms with Crippen molar-refractivity contribution >= 4 is 15.7 Å². The Bertz CT molecular complexity index is 618. The van der Waals surface area contributed by atoms with Crippen molar-refractivity contribution in [2.45, 2.75) is 4.90 Å². The average molecular weight is 295 g/mol. The molecule has 1 rings (SSSR count). The summed E-state index contributed by atoms with van der Waals surface area (Å²) in [7, 11) is -0.183. The molecule has 0 aromatic heterocycles. The minimum absolute atomic E-state index is 0.0980. The van der Waals surface area contributed by atoms with Crippen LogP contribution in [0, 0.1) is 11.3 Å². The predicted molar refractivity (Wildman–Crippen MR) is 74.8 cm³/mol. The number of benzene rings is 1. The van der Waals surface area contributed by atoms with Crippen LogP contribution in [-0.4, -0.2) is 52.2 Å². The molecule has 0 saturated carbocycles. The fourth-order valence-corrected chi connectivity index (χ4v) is 2.68. The summed E-state index contributed by atoms with van der Waals surface area (Å²) in [4.78, 5) is 12.8. The van der Waals surface area contributed by atoms with Gasteiger partial charge < -0.3 is 10.2 Å². The van der Waals surface area contributed by atoms with Crippen molar-refractivity contribution in [3.63, 3.8) is 0 Å². The number of rotatable bonds is 6. The van der Waals surface area contributed by atoms with E-state index in [2.05, 4.69) is 5.32 Å². The molecule has 1 aromatic rings. The van der Waals surface area contributed by atoms with Gasteiger partial charge in [-0.3, -0.25) is 4.79 Å². The lowest BCUT2D eigenvalue weighted by Gasteiger charge is -2.11. The summed E-state index contributed by atoms with van der Waals surface area (Å²) in [6.45, 7) is 0.277. The summed E-state index contributed by atoms with van der Waals surface area (Å²) in [6.07, 6.45) is 0. The lowest BCUT2D eigenvalue weighted by Crippen LogP contribution is -2.35. The summed E-state index contributed by atoms with van der Waals surface area (Å²) in [6, 6.07) is 7.80. The number of hydrogen-bond donors (Lipinski definition) is 1. The molecule has 0 aliphatic carbocycles. The first-order valence-corrected chi connectivity index (χ1v) is 7.66. The van der Waals surface area contributed by atoms with E-state index in [1.54, 1.807) is 20.2 Å². The summed E-state index contributed by atoms with van der Waals surface area (Å²) < 4.78 is 24.1. The van der Waals surface area contributed by atoms with Gasteiger partial charge in [0.25, 0.3) is 0 Å². The van der Waals surface area contributed by atoms with E-state index in [-0.39, 0.29) is 29.6 Å². The Labute approximate surface area is 118 Å². The number of amides is 1. The van der Waals surface area contributed by atoms with Crippen LogP contribution in [0.1, 0.15) is 5.56 Å². The average Bonchev–Trinajstić information content (AvgIpc) is 2.43. The first-order chi connectivity index (χ1) is 9.36. The monoisotopic (exact) mass is 295 g/mol. The lowest BCUT2D eigenvalue weighted by molar-refractivity contribution is -0.127. The van der Waals surface area contributed by atoms with Crippen molar-refractivity contribution in [1.29, 1.82) is 5.26 Å². The van der Waals surface area contributed by atoms with Gasteiger partial charge in [0.05, 0.1) is 28.8 Å². The van der Waals surface area contributed by atoms with Crippen LogP contribution in [0.25, 0.3) is 0 Å². The smallest absolute Gasteiger partial charge is 0.236 e. The topological polar surface area (TPSA) is 90.3 Å². The van der Waals surface area contributed by atoms with Crippen molar-refractivity contribution in [3.05, 3.63) is 29.8 Å². The predicted octanol–water partition coefficient (Wildman–Crippen LogP) is 0.00978. The first-order valence-electron chi connectivity index (χ1n) is 6.00. The summed E-state index contributed by atoms with van der Waals surface area (Å²) in [5.74, 6) is -0.239. The van der Waals surface area contributed by atoms with Crippen LogP contribution in [0.3, 0.4) is 0 Å². The Morgan fingerprint density at radius 3 is 2.70 bits per heavy atom. The van der Waals surface area contributed by atoms with Crippen LogP contribution in [0.2, 0.25) is 0 Å². The third-order valence-corrected chi connectivity index (χ3v) is 4.36. The Morgan fingerprint density at radius 2 is 2.10 bits per heavy atom. The van der Waals surface area contributed by atoms with Gasteiger partial charge in [-0.25, -0.2) is 8.42 Å².